The summed E-state index contributed by atoms with van der Waals surface area (Å²) in [5.74, 6) is 1.14. The van der Waals surface area contributed by atoms with E-state index in [4.69, 9.17) is 9.47 Å². The summed E-state index contributed by atoms with van der Waals surface area (Å²) in [6.45, 7) is 0.255. The van der Waals surface area contributed by atoms with Crippen LogP contribution in [0.15, 0.2) is 79.5 Å². The van der Waals surface area contributed by atoms with Crippen molar-refractivity contribution in [3.8, 4) is 17.6 Å². The van der Waals surface area contributed by atoms with E-state index in [1.54, 1.807) is 19.3 Å². The zero-order chi connectivity index (χ0) is 24.1. The molecule has 1 fully saturated rings. The largest absolute Gasteiger partial charge is 0.497 e. The maximum atomic E-state index is 12.5. The van der Waals surface area contributed by atoms with E-state index in [0.717, 1.165) is 31.5 Å². The Kier molecular flexibility index (Phi) is 7.73. The molecule has 1 amide bonds. The zero-order valence-electron chi connectivity index (χ0n) is 17.8. The summed E-state index contributed by atoms with van der Waals surface area (Å²) in [5.41, 5.74) is 2.91. The molecule has 0 bridgehead atoms. The van der Waals surface area contributed by atoms with Crippen molar-refractivity contribution in [1.82, 2.24) is 5.32 Å². The molecule has 0 atom stereocenters. The van der Waals surface area contributed by atoms with Gasteiger partial charge in [0.1, 0.15) is 18.1 Å². The Bertz CT molecular complexity index is 1330. The van der Waals surface area contributed by atoms with Crippen molar-refractivity contribution in [2.75, 3.05) is 7.11 Å². The van der Waals surface area contributed by atoms with Crippen molar-refractivity contribution in [1.29, 1.82) is 5.26 Å². The van der Waals surface area contributed by atoms with Crippen LogP contribution in [-0.4, -0.2) is 18.2 Å². The lowest BCUT2D eigenvalue weighted by molar-refractivity contribution is -0.115. The number of amides is 1. The van der Waals surface area contributed by atoms with E-state index in [-0.39, 0.29) is 12.5 Å². The number of ether oxygens (including phenoxy) is 2. The van der Waals surface area contributed by atoms with Crippen molar-refractivity contribution in [2.24, 2.45) is 4.99 Å². The lowest BCUT2D eigenvalue weighted by Gasteiger charge is -2.12. The molecule has 0 radical (unpaired) electrons. The number of amidine groups is 1. The third kappa shape index (κ3) is 5.70. The summed E-state index contributed by atoms with van der Waals surface area (Å²) in [7, 11) is 1.61. The molecule has 4 rings (SSSR count). The number of benzene rings is 3. The fourth-order valence-electron chi connectivity index (χ4n) is 3.11. The molecule has 1 heterocycles. The highest BCUT2D eigenvalue weighted by atomic mass is 79.9. The molecular formula is C25H17Br2N3O3S. The van der Waals surface area contributed by atoms with Gasteiger partial charge in [0, 0.05) is 5.56 Å². The Morgan fingerprint density at radius 3 is 2.50 bits per heavy atom. The predicted molar refractivity (Wildman–Crippen MR) is 141 cm³/mol. The first-order valence-electron chi connectivity index (χ1n) is 10.0. The number of hydrogen-bond acceptors (Lipinski definition) is 6. The fraction of sp³-hybridized carbons (Fsp3) is 0.0800. The number of nitrogens with one attached hydrogen (secondary N) is 1. The van der Waals surface area contributed by atoms with Gasteiger partial charge in [0.25, 0.3) is 5.91 Å². The molecule has 0 saturated carbocycles. The van der Waals surface area contributed by atoms with Gasteiger partial charge in [-0.1, -0.05) is 18.2 Å². The lowest BCUT2D eigenvalue weighted by Crippen LogP contribution is -2.19. The van der Waals surface area contributed by atoms with Crippen LogP contribution in [0.3, 0.4) is 0 Å². The van der Waals surface area contributed by atoms with Crippen LogP contribution >= 0.6 is 43.6 Å². The average Bonchev–Trinajstić information content (AvgIpc) is 3.17. The van der Waals surface area contributed by atoms with Crippen LogP contribution < -0.4 is 14.8 Å². The number of rotatable bonds is 6. The topological polar surface area (TPSA) is 83.7 Å². The molecule has 9 heteroatoms. The third-order valence-corrected chi connectivity index (χ3v) is 6.87. The third-order valence-electron chi connectivity index (χ3n) is 4.78. The Balaban J connectivity index is 1.50. The monoisotopic (exact) mass is 597 g/mol. The van der Waals surface area contributed by atoms with Gasteiger partial charge in [-0.2, -0.15) is 5.26 Å². The van der Waals surface area contributed by atoms with Crippen molar-refractivity contribution >= 4 is 66.5 Å². The second kappa shape index (κ2) is 10.9. The Labute approximate surface area is 217 Å². The van der Waals surface area contributed by atoms with Gasteiger partial charge in [-0.05, 0) is 97.7 Å². The molecule has 1 N–H and O–H groups in total. The lowest BCUT2D eigenvalue weighted by atomic mass is 10.1. The van der Waals surface area contributed by atoms with Gasteiger partial charge in [0.05, 0.1) is 38.3 Å². The molecule has 0 aromatic heterocycles. The first-order chi connectivity index (χ1) is 16.5. The Morgan fingerprint density at radius 2 is 1.82 bits per heavy atom. The van der Waals surface area contributed by atoms with Gasteiger partial charge in [-0.25, -0.2) is 4.99 Å². The molecule has 170 valence electrons. The van der Waals surface area contributed by atoms with Gasteiger partial charge in [-0.3, -0.25) is 4.79 Å². The molecule has 6 nitrogen and oxygen atoms in total. The van der Waals surface area contributed by atoms with Crippen LogP contribution in [0.2, 0.25) is 0 Å². The van der Waals surface area contributed by atoms with E-state index in [9.17, 15) is 10.1 Å². The molecule has 3 aromatic rings. The van der Waals surface area contributed by atoms with Gasteiger partial charge < -0.3 is 14.8 Å². The van der Waals surface area contributed by atoms with E-state index < -0.39 is 0 Å². The highest BCUT2D eigenvalue weighted by Gasteiger charge is 2.24. The minimum absolute atomic E-state index is 0.210. The van der Waals surface area contributed by atoms with Crippen LogP contribution in [0, 0.1) is 11.3 Å². The van der Waals surface area contributed by atoms with Crippen molar-refractivity contribution in [3.05, 3.63) is 91.2 Å². The maximum Gasteiger partial charge on any atom is 0.264 e. The maximum absolute atomic E-state index is 12.5. The summed E-state index contributed by atoms with van der Waals surface area (Å²) in [4.78, 5) is 17.5. The van der Waals surface area contributed by atoms with E-state index >= 15 is 0 Å². The number of aliphatic imine (C=N–C) groups is 1. The van der Waals surface area contributed by atoms with E-state index in [1.165, 1.54) is 11.8 Å². The van der Waals surface area contributed by atoms with Crippen LogP contribution in [0.5, 0.6) is 11.5 Å². The summed E-state index contributed by atoms with van der Waals surface area (Å²) >= 11 is 8.37. The highest BCUT2D eigenvalue weighted by molar-refractivity contribution is 9.11. The molecule has 0 spiro atoms. The van der Waals surface area contributed by atoms with E-state index in [0.29, 0.717) is 21.4 Å². The Hall–Kier alpha value is -3.06. The highest BCUT2D eigenvalue weighted by Crippen LogP contribution is 2.37. The normalized spacial score (nSPS) is 15.3. The SMILES string of the molecule is COc1ccc(N=C2NC(=O)/C(=C\c3cc(Br)c(OCc4ccccc4C#N)c(Br)c3)S2)cc1. The van der Waals surface area contributed by atoms with Crippen LogP contribution in [0.4, 0.5) is 5.69 Å². The number of carbonyl (C=O) groups excluding carboxylic acids is 1. The number of methoxy groups -OCH3 is 1. The molecule has 3 aromatic carbocycles. The van der Waals surface area contributed by atoms with E-state index in [1.807, 2.05) is 54.6 Å². The molecule has 1 saturated heterocycles. The molecule has 0 aliphatic carbocycles. The Morgan fingerprint density at radius 1 is 1.12 bits per heavy atom. The summed E-state index contributed by atoms with van der Waals surface area (Å²) in [6.07, 6.45) is 1.79. The number of nitriles is 1. The second-order valence-electron chi connectivity index (χ2n) is 7.05. The zero-order valence-corrected chi connectivity index (χ0v) is 21.8. The summed E-state index contributed by atoms with van der Waals surface area (Å²) < 4.78 is 12.6. The predicted octanol–water partition coefficient (Wildman–Crippen LogP) is 6.56. The van der Waals surface area contributed by atoms with Gasteiger partial charge in [-0.15, -0.1) is 0 Å². The standard InChI is InChI=1S/C25H17Br2N3O3S/c1-32-19-8-6-18(7-9-19)29-25-30-24(31)22(34-25)12-15-10-20(26)23(21(27)11-15)33-14-17-5-3-2-4-16(17)13-28/h2-12H,14H2,1H3,(H,29,30,31)/b22-12+. The molecule has 1 aliphatic rings. The number of nitrogens with zero attached hydrogens (tertiary/aromatic N) is 2. The van der Waals surface area contributed by atoms with Gasteiger partial charge in [0.15, 0.2) is 5.17 Å². The van der Waals surface area contributed by atoms with Crippen molar-refractivity contribution in [2.45, 2.75) is 6.61 Å². The van der Waals surface area contributed by atoms with Crippen molar-refractivity contribution in [3.63, 3.8) is 0 Å². The van der Waals surface area contributed by atoms with E-state index in [2.05, 4.69) is 48.2 Å². The van der Waals surface area contributed by atoms with Crippen molar-refractivity contribution < 1.29 is 14.3 Å². The van der Waals surface area contributed by atoms with Gasteiger partial charge in [0.2, 0.25) is 0 Å². The molecule has 0 unspecified atom stereocenters. The average molecular weight is 599 g/mol. The minimum atomic E-state index is -0.210. The van der Waals surface area contributed by atoms with Gasteiger partial charge >= 0.3 is 0 Å². The first kappa shape index (κ1) is 24.1. The van der Waals surface area contributed by atoms with Crippen LogP contribution in [0.1, 0.15) is 16.7 Å². The summed E-state index contributed by atoms with van der Waals surface area (Å²) in [5, 5.41) is 12.6. The molecular weight excluding hydrogens is 582 g/mol. The minimum Gasteiger partial charge on any atom is -0.497 e. The quantitative estimate of drug-likeness (QED) is 0.325. The molecule has 34 heavy (non-hydrogen) atoms. The van der Waals surface area contributed by atoms with Crippen LogP contribution in [-0.2, 0) is 11.4 Å². The summed E-state index contributed by atoms with van der Waals surface area (Å²) in [6, 6.07) is 20.5. The fourth-order valence-corrected chi connectivity index (χ4v) is 5.40. The smallest absolute Gasteiger partial charge is 0.264 e. The second-order valence-corrected chi connectivity index (χ2v) is 9.79. The first-order valence-corrected chi connectivity index (χ1v) is 12.4. The van der Waals surface area contributed by atoms with Crippen LogP contribution in [0.25, 0.3) is 6.08 Å². The number of carbonyl (C=O) groups is 1. The molecule has 1 aliphatic heterocycles. The number of hydrogen-bond donors (Lipinski definition) is 1. The number of thioether (sulfide) groups is 1. The number of halogens is 2.